The Labute approximate surface area is 57.0 Å². The van der Waals surface area contributed by atoms with Crippen LogP contribution in [0.2, 0.25) is 0 Å². The minimum absolute atomic E-state index is 0.904. The van der Waals surface area contributed by atoms with E-state index in [1.807, 2.05) is 6.92 Å². The molecule has 0 atom stereocenters. The number of nitrogens with one attached hydrogen (secondary N) is 2. The maximum Gasteiger partial charge on any atom is 0.0276 e. The van der Waals surface area contributed by atoms with Crippen LogP contribution in [0.3, 0.4) is 0 Å². The van der Waals surface area contributed by atoms with Crippen LogP contribution in [0.15, 0.2) is 0 Å². The Kier molecular flexibility index (Phi) is 6.49. The summed E-state index contributed by atoms with van der Waals surface area (Å²) in [4.78, 5) is 0. The fraction of sp³-hybridized carbons (Fsp3) is 0.714. The van der Waals surface area contributed by atoms with Crippen LogP contribution < -0.4 is 10.6 Å². The second kappa shape index (κ2) is 7.16. The lowest BCUT2D eigenvalue weighted by molar-refractivity contribution is 0.825. The van der Waals surface area contributed by atoms with E-state index >= 15 is 0 Å². The summed E-state index contributed by atoms with van der Waals surface area (Å²) in [5.41, 5.74) is 0. The van der Waals surface area contributed by atoms with Crippen LogP contribution >= 0.6 is 0 Å². The smallest absolute Gasteiger partial charge is 0.0276 e. The zero-order valence-corrected chi connectivity index (χ0v) is 6.12. The number of rotatable bonds is 3. The Morgan fingerprint density at radius 2 is 1.78 bits per heavy atom. The van der Waals surface area contributed by atoms with E-state index < -0.39 is 0 Å². The monoisotopic (exact) mass is 126 g/mol. The van der Waals surface area contributed by atoms with Crippen molar-refractivity contribution in [3.63, 3.8) is 0 Å². The fourth-order valence-electron chi connectivity index (χ4n) is 0.364. The molecule has 0 radical (unpaired) electrons. The first kappa shape index (κ1) is 8.16. The lowest BCUT2D eigenvalue weighted by atomic mass is 10.5. The predicted octanol–water partition coefficient (Wildman–Crippen LogP) is 0.514. The molecule has 0 aromatic carbocycles. The number of hydrogen-bond donors (Lipinski definition) is 2. The van der Waals surface area contributed by atoms with Crippen LogP contribution in [0.1, 0.15) is 20.3 Å². The molecule has 0 saturated heterocycles. The van der Waals surface area contributed by atoms with Crippen LogP contribution in [-0.2, 0) is 0 Å². The standard InChI is InChI=1S/C7H14N2/c1-3-5-9-7-6-8-4-2/h8-9H,3-5H2,1-2H3. The van der Waals surface area contributed by atoms with Gasteiger partial charge in [0.05, 0.1) is 0 Å². The minimum atomic E-state index is 0.904. The first-order valence-corrected chi connectivity index (χ1v) is 3.37. The van der Waals surface area contributed by atoms with E-state index in [2.05, 4.69) is 29.6 Å². The molecule has 0 spiro atoms. The van der Waals surface area contributed by atoms with E-state index in [-0.39, 0.29) is 0 Å². The lowest BCUT2D eigenvalue weighted by Crippen LogP contribution is -2.09. The van der Waals surface area contributed by atoms with Crippen molar-refractivity contribution < 1.29 is 0 Å². The van der Waals surface area contributed by atoms with Gasteiger partial charge in [0.2, 0.25) is 0 Å². The third kappa shape index (κ3) is 7.16. The molecule has 2 nitrogen and oxygen atoms in total. The van der Waals surface area contributed by atoms with Gasteiger partial charge in [0.15, 0.2) is 0 Å². The van der Waals surface area contributed by atoms with Gasteiger partial charge in [-0.3, -0.25) is 0 Å². The van der Waals surface area contributed by atoms with Gasteiger partial charge in [-0.05, 0) is 13.3 Å². The summed E-state index contributed by atoms with van der Waals surface area (Å²) in [6.45, 7) is 6.01. The average molecular weight is 126 g/mol. The summed E-state index contributed by atoms with van der Waals surface area (Å²) in [5.74, 6) is 0. The van der Waals surface area contributed by atoms with Crippen molar-refractivity contribution >= 4 is 0 Å². The Morgan fingerprint density at radius 3 is 2.33 bits per heavy atom. The van der Waals surface area contributed by atoms with Gasteiger partial charge in [-0.2, -0.15) is 0 Å². The normalized spacial score (nSPS) is 7.33. The molecule has 0 heterocycles. The molecule has 0 fully saturated rings. The molecule has 2 heteroatoms. The highest BCUT2D eigenvalue weighted by molar-refractivity contribution is 4.93. The molecule has 0 aliphatic carbocycles. The summed E-state index contributed by atoms with van der Waals surface area (Å²) in [6, 6.07) is 5.53. The summed E-state index contributed by atoms with van der Waals surface area (Å²) < 4.78 is 0. The highest BCUT2D eigenvalue weighted by atomic mass is 14.9. The molecule has 0 amide bonds. The van der Waals surface area contributed by atoms with Gasteiger partial charge in [-0.25, -0.2) is 0 Å². The molecule has 52 valence electrons. The summed E-state index contributed by atoms with van der Waals surface area (Å²) in [6.07, 6.45) is 1.13. The third-order valence-corrected chi connectivity index (χ3v) is 0.791. The van der Waals surface area contributed by atoms with E-state index in [0.717, 1.165) is 19.5 Å². The van der Waals surface area contributed by atoms with Gasteiger partial charge in [0.25, 0.3) is 0 Å². The van der Waals surface area contributed by atoms with Crippen molar-refractivity contribution in [1.29, 1.82) is 0 Å². The molecule has 0 saturated carbocycles. The number of hydrogen-bond acceptors (Lipinski definition) is 2. The van der Waals surface area contributed by atoms with E-state index in [4.69, 9.17) is 0 Å². The largest absolute Gasteiger partial charge is 0.345 e. The molecular weight excluding hydrogens is 112 g/mol. The summed E-state index contributed by atoms with van der Waals surface area (Å²) in [5, 5.41) is 5.83. The van der Waals surface area contributed by atoms with Crippen molar-refractivity contribution in [2.75, 3.05) is 13.1 Å². The molecule has 0 aromatic heterocycles. The van der Waals surface area contributed by atoms with E-state index in [9.17, 15) is 0 Å². The van der Waals surface area contributed by atoms with Gasteiger partial charge in [0.1, 0.15) is 0 Å². The van der Waals surface area contributed by atoms with Gasteiger partial charge < -0.3 is 10.6 Å². The van der Waals surface area contributed by atoms with Crippen molar-refractivity contribution in [2.45, 2.75) is 20.3 Å². The van der Waals surface area contributed by atoms with E-state index in [0.29, 0.717) is 0 Å². The lowest BCUT2D eigenvalue weighted by Gasteiger charge is -1.90. The fourth-order valence-corrected chi connectivity index (χ4v) is 0.364. The molecule has 0 rings (SSSR count). The van der Waals surface area contributed by atoms with Crippen LogP contribution in [-0.4, -0.2) is 13.1 Å². The Morgan fingerprint density at radius 1 is 1.11 bits per heavy atom. The molecule has 9 heavy (non-hydrogen) atoms. The van der Waals surface area contributed by atoms with Gasteiger partial charge in [0, 0.05) is 25.2 Å². The zero-order valence-electron chi connectivity index (χ0n) is 6.12. The topological polar surface area (TPSA) is 24.1 Å². The van der Waals surface area contributed by atoms with Gasteiger partial charge in [-0.1, -0.05) is 6.92 Å². The molecule has 0 unspecified atom stereocenters. The Hall–Kier alpha value is -0.840. The SMILES string of the molecule is CCCNC#CNCC. The van der Waals surface area contributed by atoms with Crippen molar-refractivity contribution in [1.82, 2.24) is 10.6 Å². The first-order chi connectivity index (χ1) is 4.41. The highest BCUT2D eigenvalue weighted by Crippen LogP contribution is 1.64. The van der Waals surface area contributed by atoms with Crippen molar-refractivity contribution in [3.05, 3.63) is 0 Å². The van der Waals surface area contributed by atoms with Crippen LogP contribution in [0.4, 0.5) is 0 Å². The maximum atomic E-state index is 2.95. The van der Waals surface area contributed by atoms with Crippen LogP contribution in [0.25, 0.3) is 0 Å². The maximum absolute atomic E-state index is 2.95. The second-order valence-electron chi connectivity index (χ2n) is 1.71. The Bertz CT molecular complexity index is 99.2. The molecule has 0 aliphatic heterocycles. The van der Waals surface area contributed by atoms with E-state index in [1.165, 1.54) is 0 Å². The Balaban J connectivity index is 2.96. The van der Waals surface area contributed by atoms with Crippen molar-refractivity contribution in [2.24, 2.45) is 0 Å². The average Bonchev–Trinajstić information content (AvgIpc) is 1.89. The van der Waals surface area contributed by atoms with Gasteiger partial charge in [-0.15, -0.1) is 0 Å². The molecule has 0 bridgehead atoms. The van der Waals surface area contributed by atoms with Crippen LogP contribution in [0.5, 0.6) is 0 Å². The van der Waals surface area contributed by atoms with Gasteiger partial charge >= 0.3 is 0 Å². The summed E-state index contributed by atoms with van der Waals surface area (Å²) >= 11 is 0. The van der Waals surface area contributed by atoms with Crippen molar-refractivity contribution in [3.8, 4) is 12.1 Å². The minimum Gasteiger partial charge on any atom is -0.345 e. The first-order valence-electron chi connectivity index (χ1n) is 3.37. The van der Waals surface area contributed by atoms with E-state index in [1.54, 1.807) is 0 Å². The molecule has 0 aliphatic rings. The third-order valence-electron chi connectivity index (χ3n) is 0.791. The second-order valence-corrected chi connectivity index (χ2v) is 1.71. The molecule has 0 aromatic rings. The predicted molar refractivity (Wildman–Crippen MR) is 39.7 cm³/mol. The quantitative estimate of drug-likeness (QED) is 0.327. The molecular formula is C7H14N2. The molecule has 2 N–H and O–H groups in total. The van der Waals surface area contributed by atoms with Crippen LogP contribution in [0, 0.1) is 12.1 Å². The zero-order chi connectivity index (χ0) is 6.95. The summed E-state index contributed by atoms with van der Waals surface area (Å²) in [7, 11) is 0. The highest BCUT2D eigenvalue weighted by Gasteiger charge is 1.70.